The molecule has 0 N–H and O–H groups in total. The predicted octanol–water partition coefficient (Wildman–Crippen LogP) is 14.5. The van der Waals surface area contributed by atoms with Crippen molar-refractivity contribution in [2.24, 2.45) is 0 Å². The number of nitrogens with zero attached hydrogens (tertiary/aromatic N) is 4. The van der Waals surface area contributed by atoms with Crippen molar-refractivity contribution in [2.45, 2.75) is 9.99 Å². The molecule has 6 nitrogen and oxygen atoms in total. The molecule has 5 heterocycles. The average molecular weight is 1000 g/mol. The summed E-state index contributed by atoms with van der Waals surface area (Å²) < 4.78 is 14.2. The highest BCUT2D eigenvalue weighted by molar-refractivity contribution is 8.00. The first-order valence-electron chi connectivity index (χ1n) is 26.2. The van der Waals surface area contributed by atoms with Crippen LogP contribution >= 0.6 is 11.8 Å². The molecule has 0 radical (unpaired) electrons. The van der Waals surface area contributed by atoms with Gasteiger partial charge in [-0.15, -0.1) is 0 Å². The number of rotatable bonds is 8. The summed E-state index contributed by atoms with van der Waals surface area (Å²) in [4.78, 5) is 10.9. The second-order valence-electron chi connectivity index (χ2n) is 20.0. The van der Waals surface area contributed by atoms with Crippen LogP contribution in [0.5, 0.6) is 11.5 Å². The molecule has 0 spiro atoms. The molecule has 0 fully saturated rings. The second kappa shape index (κ2) is 17.5. The molecule has 0 aliphatic carbocycles. The molecule has 11 aromatic carbocycles. The van der Waals surface area contributed by atoms with Crippen LogP contribution in [0.4, 0.5) is 68.2 Å². The number of anilines is 12. The van der Waals surface area contributed by atoms with Crippen molar-refractivity contribution in [1.82, 2.24) is 0 Å². The lowest BCUT2D eigenvalue weighted by atomic mass is 9.31. The van der Waals surface area contributed by atoms with Gasteiger partial charge >= 0.3 is 0 Å². The third-order valence-electron chi connectivity index (χ3n) is 15.7. The summed E-state index contributed by atoms with van der Waals surface area (Å²) in [5.41, 5.74) is 21.0. The summed E-state index contributed by atoms with van der Waals surface area (Å²) >= 11 is 1.74. The van der Waals surface area contributed by atoms with Crippen molar-refractivity contribution in [3.05, 3.63) is 267 Å². The van der Waals surface area contributed by atoms with Crippen LogP contribution in [0.25, 0.3) is 11.0 Å². The minimum absolute atomic E-state index is 0.154. The first-order valence-corrected chi connectivity index (χ1v) is 27.0. The second-order valence-corrected chi connectivity index (χ2v) is 21.0. The number of furan rings is 1. The largest absolute Gasteiger partial charge is 0.458 e. The Labute approximate surface area is 451 Å². The quantitative estimate of drug-likeness (QED) is 0.140. The Kier molecular flexibility index (Phi) is 9.97. The van der Waals surface area contributed by atoms with E-state index in [-0.39, 0.29) is 13.4 Å². The summed E-state index contributed by atoms with van der Waals surface area (Å²) in [7, 11) is 0. The lowest BCUT2D eigenvalue weighted by Crippen LogP contribution is -2.63. The van der Waals surface area contributed by atoms with E-state index in [9.17, 15) is 0 Å². The van der Waals surface area contributed by atoms with E-state index in [0.717, 1.165) is 107 Å². The first-order chi connectivity index (χ1) is 38.2. The van der Waals surface area contributed by atoms with Crippen molar-refractivity contribution in [1.29, 1.82) is 0 Å². The van der Waals surface area contributed by atoms with E-state index in [0.29, 0.717) is 0 Å². The fraction of sp³-hybridized carbons (Fsp3) is 0. The van der Waals surface area contributed by atoms with Crippen molar-refractivity contribution in [3.63, 3.8) is 0 Å². The standard InChI is InChI=1S/C68H44B2N4O2S/c1-7-23-45(24-8-1)71(46-25-9-2-10-26-46)51-39-59-66-63(41-51)75-62-38-22-20-36-54(62)69(66)55-43-56-58(44-57(55)73(59)49-31-15-5-16-32-49)74(50-33-17-6-18-34-50)60-40-52(72(47-27-11-3-12-28-47)48-29-13-4-14-30-48)42-64-67(60)70(56)65-53-35-19-21-37-61(53)76-68(65)77-64/h1-44H. The summed E-state index contributed by atoms with van der Waals surface area (Å²) in [5.74, 6) is 1.70. The topological polar surface area (TPSA) is 35.3 Å². The van der Waals surface area contributed by atoms with Gasteiger partial charge in [0.1, 0.15) is 17.1 Å². The van der Waals surface area contributed by atoms with Gasteiger partial charge in [-0.05, 0) is 142 Å². The lowest BCUT2D eigenvalue weighted by molar-refractivity contribution is 0.487. The Morgan fingerprint density at radius 3 is 1.38 bits per heavy atom. The minimum Gasteiger partial charge on any atom is -0.458 e. The fourth-order valence-electron chi connectivity index (χ4n) is 12.6. The molecule has 0 saturated carbocycles. The molecule has 77 heavy (non-hydrogen) atoms. The number of ether oxygens (including phenoxy) is 1. The molecule has 1 aromatic heterocycles. The SMILES string of the molecule is c1ccc(N(c2ccccc2)c2cc3c4c(c2)N(c2ccccc2)c2cc5c(cc2B4c2ccccc2O3)B2c3c(cc(N(c4ccccc4)c4ccccc4)cc3N5c3ccccc3)Sc3oc4ccccc4c32)cc1. The number of hydrogen-bond donors (Lipinski definition) is 0. The fourth-order valence-corrected chi connectivity index (χ4v) is 13.7. The van der Waals surface area contributed by atoms with Gasteiger partial charge in [-0.2, -0.15) is 0 Å². The Hall–Kier alpha value is -9.56. The van der Waals surface area contributed by atoms with E-state index >= 15 is 0 Å². The predicted molar refractivity (Wildman–Crippen MR) is 321 cm³/mol. The van der Waals surface area contributed by atoms with E-state index in [1.165, 1.54) is 26.7 Å². The monoisotopic (exact) mass is 1000 g/mol. The highest BCUT2D eigenvalue weighted by Gasteiger charge is 2.48. The average Bonchev–Trinajstić information content (AvgIpc) is 4.09. The molecular weight excluding hydrogens is 958 g/mol. The number of fused-ring (bicyclic) bond motifs is 10. The van der Waals surface area contributed by atoms with Gasteiger partial charge in [0.25, 0.3) is 13.4 Å². The molecule has 0 unspecified atom stereocenters. The van der Waals surface area contributed by atoms with Crippen LogP contribution in [0.3, 0.4) is 0 Å². The maximum Gasteiger partial charge on any atom is 0.256 e. The molecule has 12 aromatic rings. The van der Waals surface area contributed by atoms with Gasteiger partial charge in [-0.1, -0.05) is 163 Å². The van der Waals surface area contributed by atoms with Gasteiger partial charge in [0.15, 0.2) is 5.09 Å². The summed E-state index contributed by atoms with van der Waals surface area (Å²) in [6.45, 7) is -0.316. The lowest BCUT2D eigenvalue weighted by Gasteiger charge is -2.44. The van der Waals surface area contributed by atoms with Crippen molar-refractivity contribution in [2.75, 3.05) is 19.6 Å². The molecule has 0 atom stereocenters. The molecule has 0 saturated heterocycles. The summed E-state index contributed by atoms with van der Waals surface area (Å²) in [6, 6.07) is 96.3. The van der Waals surface area contributed by atoms with E-state index in [1.807, 2.05) is 0 Å². The highest BCUT2D eigenvalue weighted by atomic mass is 32.2. The van der Waals surface area contributed by atoms with Gasteiger partial charge in [-0.25, -0.2) is 0 Å². The molecule has 16 rings (SSSR count). The van der Waals surface area contributed by atoms with E-state index in [1.54, 1.807) is 11.8 Å². The Morgan fingerprint density at radius 1 is 0.338 bits per heavy atom. The zero-order chi connectivity index (χ0) is 50.6. The highest BCUT2D eigenvalue weighted by Crippen LogP contribution is 2.51. The van der Waals surface area contributed by atoms with E-state index in [4.69, 9.17) is 9.15 Å². The van der Waals surface area contributed by atoms with Gasteiger partial charge in [0.05, 0.1) is 5.69 Å². The van der Waals surface area contributed by atoms with Crippen LogP contribution in [0.2, 0.25) is 0 Å². The molecular formula is C68H44B2N4O2S. The smallest absolute Gasteiger partial charge is 0.256 e. The molecule has 0 amide bonds. The van der Waals surface area contributed by atoms with Crippen LogP contribution in [-0.2, 0) is 0 Å². The van der Waals surface area contributed by atoms with Crippen LogP contribution in [0.15, 0.2) is 281 Å². The first kappa shape index (κ1) is 43.8. The van der Waals surface area contributed by atoms with Crippen LogP contribution < -0.4 is 57.1 Å². The van der Waals surface area contributed by atoms with Crippen molar-refractivity contribution < 1.29 is 9.15 Å². The van der Waals surface area contributed by atoms with Crippen molar-refractivity contribution >= 4 is 137 Å². The van der Waals surface area contributed by atoms with E-state index in [2.05, 4.69) is 287 Å². The minimum atomic E-state index is -0.162. The number of benzene rings is 11. The van der Waals surface area contributed by atoms with Gasteiger partial charge in [-0.3, -0.25) is 0 Å². The Morgan fingerprint density at radius 2 is 0.805 bits per heavy atom. The molecule has 9 heteroatoms. The Bertz CT molecular complexity index is 4180. The van der Waals surface area contributed by atoms with E-state index < -0.39 is 0 Å². The molecule has 0 bridgehead atoms. The number of hydrogen-bond acceptors (Lipinski definition) is 7. The number of para-hydroxylation sites is 8. The van der Waals surface area contributed by atoms with Gasteiger partial charge in [0.2, 0.25) is 0 Å². The molecule has 360 valence electrons. The van der Waals surface area contributed by atoms with Gasteiger partial charge < -0.3 is 28.8 Å². The van der Waals surface area contributed by atoms with Crippen LogP contribution in [-0.4, -0.2) is 13.4 Å². The maximum atomic E-state index is 7.19. The molecule has 4 aliphatic rings. The third kappa shape index (κ3) is 6.87. The zero-order valence-electron chi connectivity index (χ0n) is 41.6. The van der Waals surface area contributed by atoms with Crippen molar-refractivity contribution in [3.8, 4) is 11.5 Å². The van der Waals surface area contributed by atoms with Crippen LogP contribution in [0.1, 0.15) is 0 Å². The van der Waals surface area contributed by atoms with Crippen LogP contribution in [0, 0.1) is 0 Å². The summed E-state index contributed by atoms with van der Waals surface area (Å²) in [5, 5.41) is 2.06. The Balaban J connectivity index is 1.01. The molecule has 4 aliphatic heterocycles. The maximum absolute atomic E-state index is 7.19. The summed E-state index contributed by atoms with van der Waals surface area (Å²) in [6.07, 6.45) is 0. The normalized spacial score (nSPS) is 13.1. The van der Waals surface area contributed by atoms with Gasteiger partial charge in [0, 0.05) is 78.9 Å². The zero-order valence-corrected chi connectivity index (χ0v) is 42.4. The third-order valence-corrected chi connectivity index (χ3v) is 16.7.